The second-order valence-corrected chi connectivity index (χ2v) is 10.2. The summed E-state index contributed by atoms with van der Waals surface area (Å²) in [4.78, 5) is 28.5. The molecule has 0 bridgehead atoms. The van der Waals surface area contributed by atoms with E-state index in [4.69, 9.17) is 9.47 Å². The Morgan fingerprint density at radius 2 is 1.74 bits per heavy atom. The van der Waals surface area contributed by atoms with Gasteiger partial charge < -0.3 is 24.6 Å². The molecule has 1 aromatic rings. The molecule has 1 saturated carbocycles. The van der Waals surface area contributed by atoms with E-state index in [9.17, 15) is 22.8 Å². The number of carbonyl (C=O) groups excluding carboxylic acids is 2. The monoisotopic (exact) mass is 495 g/mol. The molecule has 35 heavy (non-hydrogen) atoms. The summed E-state index contributed by atoms with van der Waals surface area (Å²) in [5.41, 5.74) is 0.101. The van der Waals surface area contributed by atoms with Crippen molar-refractivity contribution >= 4 is 11.9 Å². The van der Waals surface area contributed by atoms with Gasteiger partial charge in [-0.15, -0.1) is 0 Å². The molecule has 192 valence electrons. The zero-order chi connectivity index (χ0) is 24.6. The minimum Gasteiger partial charge on any atom is -0.373 e. The van der Waals surface area contributed by atoms with Gasteiger partial charge in [-0.25, -0.2) is 4.79 Å². The van der Waals surface area contributed by atoms with Crippen molar-refractivity contribution in [2.75, 3.05) is 39.4 Å². The Labute approximate surface area is 202 Å². The Hall–Kier alpha value is -2.33. The maximum atomic E-state index is 13.2. The lowest BCUT2D eigenvalue weighted by Gasteiger charge is -2.44. The number of nitrogens with one attached hydrogen (secondary N) is 1. The minimum atomic E-state index is -4.37. The molecule has 3 unspecified atom stereocenters. The molecular weight excluding hydrogens is 463 g/mol. The van der Waals surface area contributed by atoms with Crippen LogP contribution in [-0.2, 0) is 20.4 Å². The number of morpholine rings is 1. The third-order valence-corrected chi connectivity index (χ3v) is 7.61. The summed E-state index contributed by atoms with van der Waals surface area (Å²) in [6.07, 6.45) is -0.278. The number of rotatable bonds is 5. The molecule has 0 spiro atoms. The van der Waals surface area contributed by atoms with Gasteiger partial charge in [0.05, 0.1) is 30.4 Å². The first kappa shape index (κ1) is 24.4. The Balaban J connectivity index is 1.19. The van der Waals surface area contributed by atoms with E-state index in [2.05, 4.69) is 5.32 Å². The van der Waals surface area contributed by atoms with Crippen molar-refractivity contribution in [3.8, 4) is 0 Å². The van der Waals surface area contributed by atoms with Crippen molar-refractivity contribution < 1.29 is 32.2 Å². The van der Waals surface area contributed by atoms with Gasteiger partial charge >= 0.3 is 12.2 Å². The van der Waals surface area contributed by atoms with Gasteiger partial charge in [-0.1, -0.05) is 12.1 Å². The molecule has 3 aliphatic heterocycles. The van der Waals surface area contributed by atoms with Crippen LogP contribution in [0.4, 0.5) is 18.0 Å². The smallest absolute Gasteiger partial charge is 0.373 e. The summed E-state index contributed by atoms with van der Waals surface area (Å²) >= 11 is 0. The molecule has 1 N–H and O–H groups in total. The van der Waals surface area contributed by atoms with Crippen LogP contribution < -0.4 is 5.32 Å². The number of hydrogen-bond donors (Lipinski definition) is 1. The molecule has 3 saturated heterocycles. The number of hydrogen-bond acceptors (Lipinski definition) is 4. The molecule has 3 amide bonds. The molecule has 10 heteroatoms. The van der Waals surface area contributed by atoms with E-state index in [0.717, 1.165) is 43.4 Å². The molecule has 4 fully saturated rings. The third kappa shape index (κ3) is 5.74. The largest absolute Gasteiger partial charge is 0.416 e. The average molecular weight is 496 g/mol. The third-order valence-electron chi connectivity index (χ3n) is 7.61. The maximum Gasteiger partial charge on any atom is 0.416 e. The van der Waals surface area contributed by atoms with Crippen LogP contribution in [0.2, 0.25) is 0 Å². The highest BCUT2D eigenvalue weighted by molar-refractivity contribution is 5.79. The topological polar surface area (TPSA) is 71.1 Å². The standard InChI is InChI=1S/C25H32F3N3O4/c26-25(27,28)19-5-3-17(4-6-19)23(35-14-16-1-2-16)18-7-10-30(11-8-18)24(33)31-12-9-21-20(13-31)29-22(32)15-34-21/h3-6,16,18,20-21,23H,1-2,7-15H2,(H,29,32). The van der Waals surface area contributed by atoms with Gasteiger partial charge in [-0.05, 0) is 61.6 Å². The van der Waals surface area contributed by atoms with Crippen molar-refractivity contribution in [2.24, 2.45) is 11.8 Å². The number of ether oxygens (including phenoxy) is 2. The number of nitrogens with zero attached hydrogens (tertiary/aromatic N) is 2. The second-order valence-electron chi connectivity index (χ2n) is 10.2. The zero-order valence-electron chi connectivity index (χ0n) is 19.6. The van der Waals surface area contributed by atoms with Crippen molar-refractivity contribution in [2.45, 2.75) is 56.5 Å². The van der Waals surface area contributed by atoms with Gasteiger partial charge in [-0.3, -0.25) is 4.79 Å². The number of piperidine rings is 2. The summed E-state index contributed by atoms with van der Waals surface area (Å²) < 4.78 is 50.9. The molecule has 0 aromatic heterocycles. The number of amides is 3. The summed E-state index contributed by atoms with van der Waals surface area (Å²) in [5, 5.41) is 2.92. The van der Waals surface area contributed by atoms with Crippen LogP contribution >= 0.6 is 0 Å². The minimum absolute atomic E-state index is 0.0355. The maximum absolute atomic E-state index is 13.2. The summed E-state index contributed by atoms with van der Waals surface area (Å²) in [7, 11) is 0. The van der Waals surface area contributed by atoms with E-state index < -0.39 is 11.7 Å². The predicted molar refractivity (Wildman–Crippen MR) is 120 cm³/mol. The fourth-order valence-corrected chi connectivity index (χ4v) is 5.36. The number of halogens is 3. The second kappa shape index (κ2) is 9.97. The first-order valence-electron chi connectivity index (χ1n) is 12.5. The van der Waals surface area contributed by atoms with Crippen LogP contribution in [0.15, 0.2) is 24.3 Å². The fraction of sp³-hybridized carbons (Fsp3) is 0.680. The SMILES string of the molecule is O=C1COC2CCN(C(=O)N3CCC(C(OCC4CC4)c4ccc(C(F)(F)F)cc4)CC3)CC2N1. The highest BCUT2D eigenvalue weighted by Gasteiger charge is 2.39. The van der Waals surface area contributed by atoms with Crippen molar-refractivity contribution in [1.82, 2.24) is 15.1 Å². The van der Waals surface area contributed by atoms with E-state index in [0.29, 0.717) is 45.1 Å². The number of fused-ring (bicyclic) bond motifs is 1. The van der Waals surface area contributed by atoms with Gasteiger partial charge in [0.2, 0.25) is 5.91 Å². The highest BCUT2D eigenvalue weighted by Crippen LogP contribution is 2.38. The van der Waals surface area contributed by atoms with Crippen molar-refractivity contribution in [3.63, 3.8) is 0 Å². The van der Waals surface area contributed by atoms with Gasteiger partial charge in [0.15, 0.2) is 0 Å². The van der Waals surface area contributed by atoms with E-state index >= 15 is 0 Å². The molecule has 0 radical (unpaired) electrons. The van der Waals surface area contributed by atoms with Crippen molar-refractivity contribution in [1.29, 1.82) is 0 Å². The normalized spacial score (nSPS) is 26.8. The number of benzene rings is 1. The first-order valence-corrected chi connectivity index (χ1v) is 12.5. The first-order chi connectivity index (χ1) is 16.8. The molecule has 1 aromatic carbocycles. The van der Waals surface area contributed by atoms with Crippen LogP contribution in [0.5, 0.6) is 0 Å². The summed E-state index contributed by atoms with van der Waals surface area (Å²) in [6, 6.07) is 5.10. The van der Waals surface area contributed by atoms with E-state index in [1.807, 2.05) is 4.90 Å². The Bertz CT molecular complexity index is 914. The molecule has 5 rings (SSSR count). The number of alkyl halides is 3. The molecule has 3 atom stereocenters. The molecule has 4 aliphatic rings. The van der Waals surface area contributed by atoms with Gasteiger partial charge in [0.1, 0.15) is 6.61 Å². The van der Waals surface area contributed by atoms with Gasteiger partial charge in [0.25, 0.3) is 0 Å². The van der Waals surface area contributed by atoms with E-state index in [-0.39, 0.29) is 42.7 Å². The van der Waals surface area contributed by atoms with Crippen LogP contribution in [0.3, 0.4) is 0 Å². The van der Waals surface area contributed by atoms with Gasteiger partial charge in [-0.2, -0.15) is 13.2 Å². The van der Waals surface area contributed by atoms with Crippen LogP contribution in [-0.4, -0.2) is 73.3 Å². The number of likely N-dealkylation sites (tertiary alicyclic amines) is 2. The van der Waals surface area contributed by atoms with E-state index in [1.165, 1.54) is 12.1 Å². The summed E-state index contributed by atoms with van der Waals surface area (Å²) in [6.45, 7) is 2.87. The van der Waals surface area contributed by atoms with Crippen LogP contribution in [0, 0.1) is 11.8 Å². The average Bonchev–Trinajstić information content (AvgIpc) is 3.68. The predicted octanol–water partition coefficient (Wildman–Crippen LogP) is 3.59. The quantitative estimate of drug-likeness (QED) is 0.678. The Morgan fingerprint density at radius 3 is 2.40 bits per heavy atom. The molecule has 1 aliphatic carbocycles. The molecular formula is C25H32F3N3O4. The summed E-state index contributed by atoms with van der Waals surface area (Å²) in [5.74, 6) is 0.522. The zero-order valence-corrected chi connectivity index (χ0v) is 19.6. The number of urea groups is 1. The Kier molecular flexibility index (Phi) is 6.94. The molecule has 3 heterocycles. The lowest BCUT2D eigenvalue weighted by molar-refractivity contribution is -0.140. The Morgan fingerprint density at radius 1 is 1.06 bits per heavy atom. The highest BCUT2D eigenvalue weighted by atomic mass is 19.4. The number of carbonyl (C=O) groups is 2. The van der Waals surface area contributed by atoms with Crippen LogP contribution in [0.1, 0.15) is 49.3 Å². The van der Waals surface area contributed by atoms with Crippen molar-refractivity contribution in [3.05, 3.63) is 35.4 Å². The van der Waals surface area contributed by atoms with Crippen LogP contribution in [0.25, 0.3) is 0 Å². The lowest BCUT2D eigenvalue weighted by atomic mass is 9.87. The lowest BCUT2D eigenvalue weighted by Crippen LogP contribution is -2.62. The fourth-order valence-electron chi connectivity index (χ4n) is 5.36. The molecule has 7 nitrogen and oxygen atoms in total. The van der Waals surface area contributed by atoms with E-state index in [1.54, 1.807) is 4.90 Å². The van der Waals surface area contributed by atoms with Gasteiger partial charge in [0, 0.05) is 26.2 Å².